The standard InChI is InChI=1S/C16H24N2O2/c17-15-8-4-1-5-13(15)9-10-16(19)18-11-12-20-14-6-2-3-7-14/h1,4-5,8,14H,2-3,6-7,9-12,17H2,(H,18,19). The Morgan fingerprint density at radius 1 is 1.30 bits per heavy atom. The highest BCUT2D eigenvalue weighted by Gasteiger charge is 2.14. The molecule has 0 aromatic heterocycles. The van der Waals surface area contributed by atoms with Crippen molar-refractivity contribution in [1.82, 2.24) is 5.32 Å². The highest BCUT2D eigenvalue weighted by molar-refractivity contribution is 5.76. The third-order valence-corrected chi connectivity index (χ3v) is 3.76. The third-order valence-electron chi connectivity index (χ3n) is 3.76. The molecule has 1 amide bonds. The van der Waals surface area contributed by atoms with Crippen LogP contribution in [0, 0.1) is 0 Å². The molecule has 3 N–H and O–H groups in total. The van der Waals surface area contributed by atoms with Gasteiger partial charge in [-0.1, -0.05) is 31.0 Å². The molecular formula is C16H24N2O2. The smallest absolute Gasteiger partial charge is 0.220 e. The number of amides is 1. The number of hydrogen-bond acceptors (Lipinski definition) is 3. The number of carbonyl (C=O) groups is 1. The van der Waals surface area contributed by atoms with E-state index in [-0.39, 0.29) is 5.91 Å². The summed E-state index contributed by atoms with van der Waals surface area (Å²) in [6, 6.07) is 7.67. The van der Waals surface area contributed by atoms with Gasteiger partial charge in [-0.2, -0.15) is 0 Å². The fourth-order valence-electron chi connectivity index (χ4n) is 2.57. The number of carbonyl (C=O) groups excluding carboxylic acids is 1. The summed E-state index contributed by atoms with van der Waals surface area (Å²) < 4.78 is 5.70. The second-order valence-corrected chi connectivity index (χ2v) is 5.33. The van der Waals surface area contributed by atoms with E-state index in [1.807, 2.05) is 24.3 Å². The zero-order chi connectivity index (χ0) is 14.2. The minimum absolute atomic E-state index is 0.0586. The van der Waals surface area contributed by atoms with Gasteiger partial charge in [0.05, 0.1) is 12.7 Å². The number of aryl methyl sites for hydroxylation is 1. The Morgan fingerprint density at radius 3 is 2.80 bits per heavy atom. The van der Waals surface area contributed by atoms with Crippen LogP contribution in [0.15, 0.2) is 24.3 Å². The van der Waals surface area contributed by atoms with Crippen LogP contribution in [0.4, 0.5) is 5.69 Å². The molecule has 1 saturated carbocycles. The molecule has 0 atom stereocenters. The molecule has 2 rings (SSSR count). The van der Waals surface area contributed by atoms with Crippen LogP contribution in [0.2, 0.25) is 0 Å². The van der Waals surface area contributed by atoms with E-state index in [0.717, 1.165) is 11.3 Å². The molecule has 0 heterocycles. The van der Waals surface area contributed by atoms with Crippen LogP contribution in [0.25, 0.3) is 0 Å². The van der Waals surface area contributed by atoms with Gasteiger partial charge in [-0.25, -0.2) is 0 Å². The molecule has 0 saturated heterocycles. The van der Waals surface area contributed by atoms with E-state index in [1.165, 1.54) is 25.7 Å². The monoisotopic (exact) mass is 276 g/mol. The minimum Gasteiger partial charge on any atom is -0.399 e. The highest BCUT2D eigenvalue weighted by Crippen LogP contribution is 2.20. The number of ether oxygens (including phenoxy) is 1. The number of hydrogen-bond donors (Lipinski definition) is 2. The molecule has 4 nitrogen and oxygen atoms in total. The van der Waals surface area contributed by atoms with Crippen molar-refractivity contribution in [2.45, 2.75) is 44.6 Å². The Balaban J connectivity index is 1.57. The number of anilines is 1. The predicted molar refractivity (Wildman–Crippen MR) is 80.4 cm³/mol. The molecular weight excluding hydrogens is 252 g/mol. The fourth-order valence-corrected chi connectivity index (χ4v) is 2.57. The first-order valence-electron chi connectivity index (χ1n) is 7.47. The zero-order valence-corrected chi connectivity index (χ0v) is 11.9. The number of nitrogen functional groups attached to an aromatic ring is 1. The molecule has 1 aliphatic carbocycles. The summed E-state index contributed by atoms with van der Waals surface area (Å²) in [6.07, 6.45) is 6.45. The lowest BCUT2D eigenvalue weighted by Gasteiger charge is -2.11. The second kappa shape index (κ2) is 7.90. The lowest BCUT2D eigenvalue weighted by atomic mass is 10.1. The zero-order valence-electron chi connectivity index (χ0n) is 11.9. The first-order valence-corrected chi connectivity index (χ1v) is 7.47. The van der Waals surface area contributed by atoms with Crippen molar-refractivity contribution in [3.05, 3.63) is 29.8 Å². The van der Waals surface area contributed by atoms with Crippen LogP contribution in [0.1, 0.15) is 37.7 Å². The summed E-state index contributed by atoms with van der Waals surface area (Å²) in [5.74, 6) is 0.0586. The van der Waals surface area contributed by atoms with Crippen LogP contribution in [0.5, 0.6) is 0 Å². The molecule has 1 aliphatic rings. The third kappa shape index (κ3) is 4.85. The average Bonchev–Trinajstić information content (AvgIpc) is 2.96. The van der Waals surface area contributed by atoms with Crippen LogP contribution >= 0.6 is 0 Å². The fraction of sp³-hybridized carbons (Fsp3) is 0.562. The van der Waals surface area contributed by atoms with Crippen LogP contribution in [0.3, 0.4) is 0 Å². The maximum Gasteiger partial charge on any atom is 0.220 e. The number of rotatable bonds is 7. The van der Waals surface area contributed by atoms with Crippen LogP contribution in [-0.4, -0.2) is 25.2 Å². The van der Waals surface area contributed by atoms with Crippen molar-refractivity contribution in [1.29, 1.82) is 0 Å². The van der Waals surface area contributed by atoms with E-state index < -0.39 is 0 Å². The summed E-state index contributed by atoms with van der Waals surface area (Å²) in [4.78, 5) is 11.7. The van der Waals surface area contributed by atoms with E-state index in [9.17, 15) is 4.79 Å². The predicted octanol–water partition coefficient (Wildman–Crippen LogP) is 2.28. The van der Waals surface area contributed by atoms with Gasteiger partial charge in [-0.3, -0.25) is 4.79 Å². The Kier molecular flexibility index (Phi) is 5.87. The Bertz CT molecular complexity index is 428. The van der Waals surface area contributed by atoms with E-state index in [0.29, 0.717) is 32.1 Å². The van der Waals surface area contributed by atoms with Gasteiger partial charge in [0.1, 0.15) is 0 Å². The first kappa shape index (κ1) is 14.9. The van der Waals surface area contributed by atoms with Gasteiger partial charge in [-0.15, -0.1) is 0 Å². The maximum absolute atomic E-state index is 11.7. The van der Waals surface area contributed by atoms with Gasteiger partial charge < -0.3 is 15.8 Å². The SMILES string of the molecule is Nc1ccccc1CCC(=O)NCCOC1CCCC1. The summed E-state index contributed by atoms with van der Waals surface area (Å²) in [5.41, 5.74) is 7.63. The van der Waals surface area contributed by atoms with Crippen molar-refractivity contribution in [3.8, 4) is 0 Å². The number of nitrogens with one attached hydrogen (secondary N) is 1. The van der Waals surface area contributed by atoms with Crippen molar-refractivity contribution >= 4 is 11.6 Å². The lowest BCUT2D eigenvalue weighted by molar-refractivity contribution is -0.121. The van der Waals surface area contributed by atoms with E-state index in [4.69, 9.17) is 10.5 Å². The summed E-state index contributed by atoms with van der Waals surface area (Å²) in [5, 5.41) is 2.89. The molecule has 1 aromatic carbocycles. The molecule has 20 heavy (non-hydrogen) atoms. The Morgan fingerprint density at radius 2 is 2.05 bits per heavy atom. The molecule has 1 aromatic rings. The first-order chi connectivity index (χ1) is 9.75. The number of nitrogens with two attached hydrogens (primary N) is 1. The average molecular weight is 276 g/mol. The van der Waals surface area contributed by atoms with Gasteiger partial charge >= 0.3 is 0 Å². The molecule has 0 spiro atoms. The minimum atomic E-state index is 0.0586. The van der Waals surface area contributed by atoms with Gasteiger partial charge in [0.2, 0.25) is 5.91 Å². The normalized spacial score (nSPS) is 15.4. The highest BCUT2D eigenvalue weighted by atomic mass is 16.5. The second-order valence-electron chi connectivity index (χ2n) is 5.33. The largest absolute Gasteiger partial charge is 0.399 e. The van der Waals surface area contributed by atoms with Crippen LogP contribution < -0.4 is 11.1 Å². The molecule has 110 valence electrons. The van der Waals surface area contributed by atoms with Crippen molar-refractivity contribution in [2.24, 2.45) is 0 Å². The summed E-state index contributed by atoms with van der Waals surface area (Å²) in [7, 11) is 0. The molecule has 0 aliphatic heterocycles. The topological polar surface area (TPSA) is 64.4 Å². The van der Waals surface area contributed by atoms with Crippen molar-refractivity contribution < 1.29 is 9.53 Å². The summed E-state index contributed by atoms with van der Waals surface area (Å²) >= 11 is 0. The van der Waals surface area contributed by atoms with Crippen molar-refractivity contribution in [2.75, 3.05) is 18.9 Å². The molecule has 4 heteroatoms. The summed E-state index contributed by atoms with van der Waals surface area (Å²) in [6.45, 7) is 1.21. The maximum atomic E-state index is 11.7. The van der Waals surface area contributed by atoms with Gasteiger partial charge in [0.15, 0.2) is 0 Å². The van der Waals surface area contributed by atoms with E-state index in [1.54, 1.807) is 0 Å². The molecule has 1 fully saturated rings. The van der Waals surface area contributed by atoms with Gasteiger partial charge in [0.25, 0.3) is 0 Å². The van der Waals surface area contributed by atoms with E-state index in [2.05, 4.69) is 5.32 Å². The molecule has 0 bridgehead atoms. The molecule has 0 radical (unpaired) electrons. The number of benzene rings is 1. The Hall–Kier alpha value is -1.55. The Labute approximate surface area is 120 Å². The van der Waals surface area contributed by atoms with Gasteiger partial charge in [0, 0.05) is 18.7 Å². The van der Waals surface area contributed by atoms with E-state index >= 15 is 0 Å². The quantitative estimate of drug-likeness (QED) is 0.593. The van der Waals surface area contributed by atoms with Crippen LogP contribution in [-0.2, 0) is 16.0 Å². The lowest BCUT2D eigenvalue weighted by Crippen LogP contribution is -2.28. The van der Waals surface area contributed by atoms with Gasteiger partial charge in [-0.05, 0) is 30.9 Å². The number of para-hydroxylation sites is 1. The van der Waals surface area contributed by atoms with Crippen molar-refractivity contribution in [3.63, 3.8) is 0 Å². The molecule has 0 unspecified atom stereocenters.